The average molecular weight is 777 g/mol. The van der Waals surface area contributed by atoms with Gasteiger partial charge in [0.15, 0.2) is 0 Å². The van der Waals surface area contributed by atoms with Gasteiger partial charge < -0.3 is 0 Å². The van der Waals surface area contributed by atoms with Crippen molar-refractivity contribution in [2.45, 2.75) is 133 Å². The Bertz CT molecular complexity index is 1160. The molecule has 239 valence electrons. The van der Waals surface area contributed by atoms with Crippen molar-refractivity contribution in [3.8, 4) is 0 Å². The van der Waals surface area contributed by atoms with E-state index in [-0.39, 0.29) is 0 Å². The van der Waals surface area contributed by atoms with Gasteiger partial charge in [-0.25, -0.2) is 0 Å². The van der Waals surface area contributed by atoms with E-state index < -0.39 is 60.5 Å². The van der Waals surface area contributed by atoms with Crippen LogP contribution in [0.15, 0.2) is 42.5 Å². The van der Waals surface area contributed by atoms with Crippen molar-refractivity contribution < 1.29 is 0 Å². The molecule has 1 aliphatic rings. The Hall–Kier alpha value is 1.05. The molecule has 1 aliphatic heterocycles. The molecule has 0 nitrogen and oxygen atoms in total. The normalized spacial score (nSPS) is 16.4. The monoisotopic (exact) mass is 777 g/mol. The van der Waals surface area contributed by atoms with Crippen LogP contribution in [0.1, 0.15) is 32.2 Å². The summed E-state index contributed by atoms with van der Waals surface area (Å²) in [6.07, 6.45) is 0. The summed E-state index contributed by atoms with van der Waals surface area (Å²) in [6.45, 7) is 48.3. The number of hydrogen-bond donors (Lipinski definition) is 0. The fourth-order valence-corrected chi connectivity index (χ4v) is 61.7. The first kappa shape index (κ1) is 38.5. The first-order chi connectivity index (χ1) is 19.1. The molecule has 0 aliphatic carbocycles. The average Bonchev–Trinajstić information content (AvgIpc) is 2.69. The van der Waals surface area contributed by atoms with Gasteiger partial charge in [-0.1, -0.05) is 0 Å². The SMILES string of the molecule is C[Si](C)(C)C(c1cc(C([Si](C)(C)C)[Si](C)(C)C)c(B2[S][Ge]([c]3ccccc3)[S]2)c(C([Si](C)(C)C)[Si](C)(C)C)c1)[Si](C)(C)C. The van der Waals surface area contributed by atoms with Crippen molar-refractivity contribution in [2.75, 3.05) is 0 Å². The number of rotatable bonds is 11. The van der Waals surface area contributed by atoms with E-state index in [1.807, 2.05) is 16.6 Å². The summed E-state index contributed by atoms with van der Waals surface area (Å²) in [7, 11) is -4.09. The molecule has 0 aromatic heterocycles. The van der Waals surface area contributed by atoms with Crippen LogP contribution in [0.4, 0.5) is 0 Å². The minimum absolute atomic E-state index is 0.622. The van der Waals surface area contributed by atoms with Crippen molar-refractivity contribution in [3.63, 3.8) is 0 Å². The van der Waals surface area contributed by atoms with Crippen LogP contribution in [0.2, 0.25) is 118 Å². The second-order valence-corrected chi connectivity index (χ2v) is 66.1. The second kappa shape index (κ2) is 13.2. The molecule has 0 atom stereocenters. The van der Waals surface area contributed by atoms with Gasteiger partial charge >= 0.3 is 288 Å². The minimum atomic E-state index is -1.51. The number of benzene rings is 2. The Kier molecular flexibility index (Phi) is 11.8. The molecule has 43 heavy (non-hydrogen) atoms. The summed E-state index contributed by atoms with van der Waals surface area (Å²) in [5.74, 6) is 0. The fraction of sp³-hybridized carbons (Fsp3) is 0.636. The molecule has 3 rings (SSSR count). The van der Waals surface area contributed by atoms with E-state index in [1.54, 1.807) is 9.96 Å². The summed E-state index contributed by atoms with van der Waals surface area (Å²) < 4.78 is 1.66. The molecule has 2 aromatic rings. The van der Waals surface area contributed by atoms with Crippen molar-refractivity contribution in [1.29, 1.82) is 0 Å². The molecule has 10 heteroatoms. The molecule has 2 aromatic carbocycles. The van der Waals surface area contributed by atoms with Crippen LogP contribution in [-0.4, -0.2) is 65.8 Å². The molecule has 1 radical (unpaired) electrons. The molecule has 0 unspecified atom stereocenters. The van der Waals surface area contributed by atoms with E-state index in [9.17, 15) is 0 Å². The van der Waals surface area contributed by atoms with Gasteiger partial charge in [0, 0.05) is 0 Å². The third-order valence-corrected chi connectivity index (χ3v) is 53.8. The van der Waals surface area contributed by atoms with E-state index in [0.29, 0.717) is 5.27 Å². The summed E-state index contributed by atoms with van der Waals surface area (Å²) in [6, 6.07) is 17.4. The molecular weight excluding hydrogens is 712 g/mol. The van der Waals surface area contributed by atoms with Gasteiger partial charge in [-0.3, -0.25) is 0 Å². The molecular formula is C33H64BGeS2Si6. The van der Waals surface area contributed by atoms with E-state index >= 15 is 0 Å². The standard InChI is InChI=1S/C33H64BGeS2Si6/c1-38(2,3)31(39(4,5)6)26-24-28(32(40(7,8)9)41(10,11)12)30(29(25-26)33(42(13,14)15)43(16,17)18)34-36-35(37-34)27-22-20-19-21-23-27/h19-25,31-33H,1-18H3. The van der Waals surface area contributed by atoms with Crippen molar-refractivity contribution in [1.82, 2.24) is 0 Å². The van der Waals surface area contributed by atoms with Gasteiger partial charge in [0.25, 0.3) is 0 Å². The third-order valence-electron chi connectivity index (χ3n) is 9.09. The molecule has 0 bridgehead atoms. The summed E-state index contributed by atoms with van der Waals surface area (Å²) in [4.78, 5) is 0. The first-order valence-corrected chi connectivity index (χ1v) is 46.0. The zero-order chi connectivity index (χ0) is 33.1. The quantitative estimate of drug-likeness (QED) is 0.209. The van der Waals surface area contributed by atoms with Crippen LogP contribution in [0.25, 0.3) is 0 Å². The van der Waals surface area contributed by atoms with Gasteiger partial charge in [0.05, 0.1) is 0 Å². The number of hydrogen-bond acceptors (Lipinski definition) is 2. The van der Waals surface area contributed by atoms with Gasteiger partial charge in [-0.15, -0.1) is 0 Å². The van der Waals surface area contributed by atoms with Gasteiger partial charge in [0.1, 0.15) is 0 Å². The van der Waals surface area contributed by atoms with Crippen molar-refractivity contribution >= 4 is 95.5 Å². The molecule has 1 heterocycles. The molecule has 1 saturated heterocycles. The van der Waals surface area contributed by atoms with Crippen LogP contribution in [0.5, 0.6) is 0 Å². The molecule has 0 spiro atoms. The predicted molar refractivity (Wildman–Crippen MR) is 227 cm³/mol. The molecule has 0 saturated carbocycles. The van der Waals surface area contributed by atoms with E-state index in [0.717, 1.165) is 15.5 Å². The zero-order valence-electron chi connectivity index (χ0n) is 31.2. The van der Waals surface area contributed by atoms with Crippen molar-refractivity contribution in [3.05, 3.63) is 59.2 Å². The Morgan fingerprint density at radius 3 is 1.12 bits per heavy atom. The van der Waals surface area contributed by atoms with Crippen LogP contribution >= 0.6 is 19.9 Å². The Morgan fingerprint density at radius 1 is 0.488 bits per heavy atom. The van der Waals surface area contributed by atoms with Crippen LogP contribution in [-0.2, 0) is 0 Å². The first-order valence-electron chi connectivity index (χ1n) is 16.6. The van der Waals surface area contributed by atoms with Gasteiger partial charge in [0.2, 0.25) is 0 Å². The maximum atomic E-state index is 2.90. The Morgan fingerprint density at radius 2 is 0.814 bits per heavy atom. The molecule has 0 N–H and O–H groups in total. The summed E-state index contributed by atoms with van der Waals surface area (Å²) >= 11 is -1.37. The summed E-state index contributed by atoms with van der Waals surface area (Å²) in [5.41, 5.74) is 7.32. The second-order valence-electron chi connectivity index (χ2n) is 19.8. The summed E-state index contributed by atoms with van der Waals surface area (Å²) in [5, 5.41) is 2.97. The topological polar surface area (TPSA) is 0 Å². The van der Waals surface area contributed by atoms with Crippen LogP contribution in [0, 0.1) is 0 Å². The maximum absolute atomic E-state index is 2.90. The molecule has 0 amide bonds. The van der Waals surface area contributed by atoms with Crippen LogP contribution < -0.4 is 9.86 Å². The van der Waals surface area contributed by atoms with Gasteiger partial charge in [-0.05, 0) is 0 Å². The van der Waals surface area contributed by atoms with E-state index in [4.69, 9.17) is 0 Å². The Balaban J connectivity index is 2.50. The van der Waals surface area contributed by atoms with Crippen molar-refractivity contribution in [2.24, 2.45) is 0 Å². The van der Waals surface area contributed by atoms with E-state index in [2.05, 4.69) is 180 Å². The fourth-order valence-electron chi connectivity index (χ4n) is 9.43. The predicted octanol–water partition coefficient (Wildman–Crippen LogP) is 10.8. The third kappa shape index (κ3) is 9.15. The molecule has 1 fully saturated rings. The zero-order valence-corrected chi connectivity index (χ0v) is 40.9. The Labute approximate surface area is 285 Å². The van der Waals surface area contributed by atoms with E-state index in [1.165, 1.54) is 0 Å². The van der Waals surface area contributed by atoms with Crippen LogP contribution in [0.3, 0.4) is 0 Å². The van der Waals surface area contributed by atoms with Gasteiger partial charge in [-0.2, -0.15) is 0 Å².